The number of rotatable bonds is 8. The van der Waals surface area contributed by atoms with Gasteiger partial charge in [-0.05, 0) is 11.1 Å². The van der Waals surface area contributed by atoms with Crippen LogP contribution in [0.5, 0.6) is 0 Å². The van der Waals surface area contributed by atoms with Crippen LogP contribution in [0.3, 0.4) is 0 Å². The molecule has 0 aliphatic heterocycles. The van der Waals surface area contributed by atoms with E-state index < -0.39 is 6.67 Å². The molecule has 0 spiro atoms. The third-order valence-corrected chi connectivity index (χ3v) is 4.35. The molecule has 140 valence electrons. The molecular formula is C22H24F2LiNO-2. The normalized spacial score (nSPS) is 13.6. The van der Waals surface area contributed by atoms with E-state index in [1.54, 1.807) is 0 Å². The molecule has 0 unspecified atom stereocenters. The molecule has 1 amide bonds. The van der Waals surface area contributed by atoms with E-state index in [1.165, 1.54) is 19.3 Å². The van der Waals surface area contributed by atoms with E-state index in [1.807, 2.05) is 53.8 Å². The van der Waals surface area contributed by atoms with Crippen molar-refractivity contribution in [1.82, 2.24) is 5.32 Å². The first-order chi connectivity index (χ1) is 12.6. The van der Waals surface area contributed by atoms with Crippen LogP contribution in [-0.4, -0.2) is 19.6 Å². The van der Waals surface area contributed by atoms with E-state index >= 15 is 0 Å². The Balaban J connectivity index is 0.000000456. The Kier molecular flexibility index (Phi) is 10.4. The van der Waals surface area contributed by atoms with E-state index in [0.717, 1.165) is 17.5 Å². The van der Waals surface area contributed by atoms with Crippen LogP contribution >= 0.6 is 0 Å². The van der Waals surface area contributed by atoms with Crippen molar-refractivity contribution in [2.75, 3.05) is 13.2 Å². The van der Waals surface area contributed by atoms with Gasteiger partial charge in [-0.2, -0.15) is 18.2 Å². The Bertz CT molecular complexity index is 690. The molecule has 3 rings (SSSR count). The van der Waals surface area contributed by atoms with Crippen LogP contribution in [0.4, 0.5) is 8.78 Å². The largest absolute Gasteiger partial charge is 1.00 e. The zero-order chi connectivity index (χ0) is 18.8. The topological polar surface area (TPSA) is 29.1 Å². The van der Waals surface area contributed by atoms with Crippen LogP contribution in [0.25, 0.3) is 11.1 Å². The Morgan fingerprint density at radius 3 is 2.41 bits per heavy atom. The summed E-state index contributed by atoms with van der Waals surface area (Å²) in [5, 5.41) is 2.02. The van der Waals surface area contributed by atoms with Gasteiger partial charge in [0, 0.05) is 12.1 Å². The molecule has 2 nitrogen and oxygen atoms in total. The van der Waals surface area contributed by atoms with Crippen molar-refractivity contribution in [2.24, 2.45) is 5.41 Å². The summed E-state index contributed by atoms with van der Waals surface area (Å²) in [6.45, 7) is 3.73. The molecule has 2 aromatic carbocycles. The number of benzene rings is 2. The van der Waals surface area contributed by atoms with Gasteiger partial charge >= 0.3 is 18.9 Å². The van der Waals surface area contributed by atoms with E-state index in [2.05, 4.69) is 13.3 Å². The number of halogens is 2. The minimum absolute atomic E-state index is 0. The summed E-state index contributed by atoms with van der Waals surface area (Å²) in [5.41, 5.74) is 2.65. The molecule has 2 aromatic rings. The zero-order valence-electron chi connectivity index (χ0n) is 15.8. The molecule has 0 saturated heterocycles. The van der Waals surface area contributed by atoms with Crippen LogP contribution in [0.1, 0.15) is 24.8 Å². The number of carbonyl (C=O) groups excluding carboxylic acids is 1. The average Bonchev–Trinajstić information content (AvgIpc) is 3.40. The molecule has 0 atom stereocenters. The molecular weight excluding hydrogens is 339 g/mol. The number of amides is 1. The second-order valence-corrected chi connectivity index (χ2v) is 6.56. The summed E-state index contributed by atoms with van der Waals surface area (Å²) in [6.07, 6.45) is 7.58. The van der Waals surface area contributed by atoms with Crippen molar-refractivity contribution >= 4 is 6.41 Å². The molecule has 0 radical (unpaired) electrons. The van der Waals surface area contributed by atoms with Crippen molar-refractivity contribution in [3.05, 3.63) is 73.3 Å². The molecule has 1 saturated carbocycles. The molecule has 1 fully saturated rings. The predicted molar refractivity (Wildman–Crippen MR) is 101 cm³/mol. The smallest absolute Gasteiger partial charge is 0.528 e. The fourth-order valence-corrected chi connectivity index (χ4v) is 2.59. The Morgan fingerprint density at radius 2 is 1.85 bits per heavy atom. The van der Waals surface area contributed by atoms with Gasteiger partial charge in [-0.25, -0.2) is 15.2 Å². The second kappa shape index (κ2) is 12.0. The molecule has 1 N–H and O–H groups in total. The fraction of sp³-hybridized carbons (Fsp3) is 0.318. The van der Waals surface area contributed by atoms with E-state index in [-0.39, 0.29) is 36.6 Å². The van der Waals surface area contributed by atoms with Crippen molar-refractivity contribution < 1.29 is 32.4 Å². The summed E-state index contributed by atoms with van der Waals surface area (Å²) in [5.74, 6) is -0.0936. The van der Waals surface area contributed by atoms with Crippen LogP contribution in [0.2, 0.25) is 0 Å². The van der Waals surface area contributed by atoms with Crippen LogP contribution < -0.4 is 24.2 Å². The van der Waals surface area contributed by atoms with Gasteiger partial charge in [0.05, 0.1) is 0 Å². The minimum atomic E-state index is -0.519. The van der Waals surface area contributed by atoms with Gasteiger partial charge in [-0.1, -0.05) is 61.4 Å². The quantitative estimate of drug-likeness (QED) is 0.330. The Labute approximate surface area is 172 Å². The third-order valence-electron chi connectivity index (χ3n) is 4.35. The molecule has 27 heavy (non-hydrogen) atoms. The fourth-order valence-electron chi connectivity index (χ4n) is 2.59. The monoisotopic (exact) mass is 363 g/mol. The predicted octanol–water partition coefficient (Wildman–Crippen LogP) is 1.86. The maximum atomic E-state index is 14.6. The molecule has 5 heteroatoms. The minimum Gasteiger partial charge on any atom is -0.528 e. The van der Waals surface area contributed by atoms with Gasteiger partial charge in [0.15, 0.2) is 0 Å². The maximum absolute atomic E-state index is 14.6. The SMILES string of the molecule is O=[C-]NCCF.[CH2-]C1(C[CH-]Cc2cccc(-c3ccccc3)c2F)CC1.[Li+]. The van der Waals surface area contributed by atoms with Crippen molar-refractivity contribution in [3.8, 4) is 11.1 Å². The number of hydrogen-bond donors (Lipinski definition) is 1. The standard InChI is InChI=1S/C19H19F.C3H5FNO.Li/c1-19(13-14-19)12-6-10-16-9-5-11-17(18(16)20)15-7-3-2-4-8-15;4-1-2-5-3-6;/h2-9,11H,1,10,12-14H2;1-2H2,(H,5,6);/q-2;-1;+1. The Hall–Kier alpha value is -1.63. The Morgan fingerprint density at radius 1 is 1.15 bits per heavy atom. The molecule has 0 bridgehead atoms. The van der Waals surface area contributed by atoms with Crippen molar-refractivity contribution in [3.63, 3.8) is 0 Å². The number of alkyl halides is 1. The maximum Gasteiger partial charge on any atom is 1.00 e. The third kappa shape index (κ3) is 7.87. The van der Waals surface area contributed by atoms with Gasteiger partial charge in [-0.15, -0.1) is 0 Å². The van der Waals surface area contributed by atoms with Gasteiger partial charge in [-0.3, -0.25) is 0 Å². The first-order valence-electron chi connectivity index (χ1n) is 8.75. The number of nitrogens with one attached hydrogen (secondary N) is 1. The van der Waals surface area contributed by atoms with E-state index in [0.29, 0.717) is 12.0 Å². The molecule has 1 aliphatic carbocycles. The summed E-state index contributed by atoms with van der Waals surface area (Å²) < 4.78 is 25.5. The van der Waals surface area contributed by atoms with Crippen LogP contribution in [0.15, 0.2) is 48.5 Å². The van der Waals surface area contributed by atoms with Crippen LogP contribution in [0, 0.1) is 24.6 Å². The zero-order valence-corrected chi connectivity index (χ0v) is 15.8. The average molecular weight is 363 g/mol. The van der Waals surface area contributed by atoms with Gasteiger partial charge in [0.25, 0.3) is 0 Å². The summed E-state index contributed by atoms with van der Waals surface area (Å²) >= 11 is 0. The van der Waals surface area contributed by atoms with E-state index in [4.69, 9.17) is 4.79 Å². The summed E-state index contributed by atoms with van der Waals surface area (Å²) in [4.78, 5) is 9.16. The number of hydrogen-bond acceptors (Lipinski definition) is 1. The first-order valence-corrected chi connectivity index (χ1v) is 8.75. The van der Waals surface area contributed by atoms with Crippen molar-refractivity contribution in [2.45, 2.75) is 25.7 Å². The summed E-state index contributed by atoms with van der Waals surface area (Å²) in [7, 11) is 0. The molecule has 0 aromatic heterocycles. The van der Waals surface area contributed by atoms with E-state index in [9.17, 15) is 8.78 Å². The molecule has 0 heterocycles. The van der Waals surface area contributed by atoms with Crippen LogP contribution in [-0.2, 0) is 11.2 Å². The second-order valence-electron chi connectivity index (χ2n) is 6.56. The molecule has 1 aliphatic rings. The van der Waals surface area contributed by atoms with Gasteiger partial charge < -0.3 is 23.5 Å². The van der Waals surface area contributed by atoms with Gasteiger partial charge in [0.2, 0.25) is 0 Å². The van der Waals surface area contributed by atoms with Gasteiger partial charge in [0.1, 0.15) is 12.5 Å². The first kappa shape index (κ1) is 23.4. The van der Waals surface area contributed by atoms with Crippen molar-refractivity contribution in [1.29, 1.82) is 0 Å². The summed E-state index contributed by atoms with van der Waals surface area (Å²) in [6, 6.07) is 15.4.